The van der Waals surface area contributed by atoms with Crippen LogP contribution in [-0.2, 0) is 32.6 Å². The van der Waals surface area contributed by atoms with Crippen molar-refractivity contribution in [1.29, 1.82) is 0 Å². The highest BCUT2D eigenvalue weighted by atomic mass is 32.2. The highest BCUT2D eigenvalue weighted by Crippen LogP contribution is 2.25. The molecule has 1 N–H and O–H groups in total. The summed E-state index contributed by atoms with van der Waals surface area (Å²) in [6.45, 7) is 10.3. The van der Waals surface area contributed by atoms with Crippen LogP contribution in [0.2, 0.25) is 0 Å². The van der Waals surface area contributed by atoms with Crippen molar-refractivity contribution in [3.05, 3.63) is 64.7 Å². The molecule has 0 aromatic heterocycles. The van der Waals surface area contributed by atoms with Crippen molar-refractivity contribution in [2.45, 2.75) is 46.3 Å². The monoisotopic (exact) mass is 473 g/mol. The molecule has 1 amide bonds. The van der Waals surface area contributed by atoms with Crippen LogP contribution in [0.1, 0.15) is 35.6 Å². The number of carbonyl (C=O) groups excluding carboxylic acids is 1. The first-order valence-corrected chi connectivity index (χ1v) is 13.3. The van der Waals surface area contributed by atoms with Crippen LogP contribution in [0.4, 0.5) is 5.69 Å². The molecule has 3 rings (SSSR count). The van der Waals surface area contributed by atoms with Crippen LogP contribution in [0, 0.1) is 13.8 Å². The molecule has 0 unspecified atom stereocenters. The van der Waals surface area contributed by atoms with Gasteiger partial charge in [0.15, 0.2) is 0 Å². The van der Waals surface area contributed by atoms with E-state index in [-0.39, 0.29) is 5.91 Å². The molecular formula is C25H35N3O4S. The Morgan fingerprint density at radius 1 is 1.09 bits per heavy atom. The van der Waals surface area contributed by atoms with Gasteiger partial charge in [-0.25, -0.2) is 8.42 Å². The lowest BCUT2D eigenvalue weighted by Crippen LogP contribution is -2.49. The Morgan fingerprint density at radius 2 is 1.79 bits per heavy atom. The van der Waals surface area contributed by atoms with Crippen molar-refractivity contribution in [2.75, 3.05) is 36.9 Å². The van der Waals surface area contributed by atoms with E-state index in [4.69, 9.17) is 4.74 Å². The number of nitrogens with one attached hydrogen (secondary N) is 1. The van der Waals surface area contributed by atoms with Crippen LogP contribution in [0.3, 0.4) is 0 Å². The first kappa shape index (κ1) is 25.2. The standard InChI is InChI=1S/C25H35N3O4S/c1-5-24(28(33(4,30)31)23-10-9-19(2)20(3)15-23)25(29)26-17-21-7-6-8-22(16-21)18-27-11-13-32-14-12-27/h6-10,15-16,24H,5,11-14,17-18H2,1-4H3,(H,26,29)/t24-/m0/s1. The first-order chi connectivity index (χ1) is 15.7. The van der Waals surface area contributed by atoms with Crippen molar-refractivity contribution in [2.24, 2.45) is 0 Å². The second-order valence-electron chi connectivity index (χ2n) is 8.68. The van der Waals surface area contributed by atoms with Crippen LogP contribution < -0.4 is 9.62 Å². The number of carbonyl (C=O) groups is 1. The normalized spacial score (nSPS) is 15.8. The molecule has 0 spiro atoms. The van der Waals surface area contributed by atoms with Gasteiger partial charge in [-0.15, -0.1) is 0 Å². The Hall–Kier alpha value is -2.42. The van der Waals surface area contributed by atoms with E-state index in [0.717, 1.165) is 55.8 Å². The quantitative estimate of drug-likeness (QED) is 0.606. The SMILES string of the molecule is CC[C@@H](C(=O)NCc1cccc(CN2CCOCC2)c1)N(c1ccc(C)c(C)c1)S(C)(=O)=O. The van der Waals surface area contributed by atoms with Gasteiger partial charge in [0, 0.05) is 26.2 Å². The van der Waals surface area contributed by atoms with Crippen molar-refractivity contribution in [3.8, 4) is 0 Å². The predicted octanol–water partition coefficient (Wildman–Crippen LogP) is 3.00. The van der Waals surface area contributed by atoms with Crippen LogP contribution in [0.5, 0.6) is 0 Å². The third-order valence-electron chi connectivity index (χ3n) is 6.04. The number of sulfonamides is 1. The number of nitrogens with zero attached hydrogens (tertiary/aromatic N) is 2. The molecule has 0 aliphatic carbocycles. The molecule has 2 aromatic carbocycles. The maximum absolute atomic E-state index is 13.1. The predicted molar refractivity (Wildman–Crippen MR) is 132 cm³/mol. The van der Waals surface area contributed by atoms with Crippen LogP contribution >= 0.6 is 0 Å². The van der Waals surface area contributed by atoms with Gasteiger partial charge in [0.1, 0.15) is 6.04 Å². The van der Waals surface area contributed by atoms with Gasteiger partial charge in [0.05, 0.1) is 25.2 Å². The number of rotatable bonds is 9. The van der Waals surface area contributed by atoms with E-state index in [0.29, 0.717) is 18.7 Å². The van der Waals surface area contributed by atoms with Crippen LogP contribution in [0.15, 0.2) is 42.5 Å². The third kappa shape index (κ3) is 6.79. The summed E-state index contributed by atoms with van der Waals surface area (Å²) in [7, 11) is -3.65. The highest BCUT2D eigenvalue weighted by molar-refractivity contribution is 7.92. The van der Waals surface area contributed by atoms with Crippen molar-refractivity contribution in [1.82, 2.24) is 10.2 Å². The van der Waals surface area contributed by atoms with E-state index < -0.39 is 16.1 Å². The lowest BCUT2D eigenvalue weighted by Gasteiger charge is -2.30. The van der Waals surface area contributed by atoms with E-state index in [9.17, 15) is 13.2 Å². The lowest BCUT2D eigenvalue weighted by atomic mass is 10.1. The number of hydrogen-bond acceptors (Lipinski definition) is 5. The third-order valence-corrected chi connectivity index (χ3v) is 7.22. The maximum atomic E-state index is 13.1. The molecule has 1 aliphatic rings. The first-order valence-electron chi connectivity index (χ1n) is 11.4. The molecule has 1 heterocycles. The minimum Gasteiger partial charge on any atom is -0.379 e. The van der Waals surface area contributed by atoms with Gasteiger partial charge >= 0.3 is 0 Å². The van der Waals surface area contributed by atoms with E-state index in [1.54, 1.807) is 6.07 Å². The van der Waals surface area contributed by atoms with E-state index in [1.807, 2.05) is 45.0 Å². The summed E-state index contributed by atoms with van der Waals surface area (Å²) in [6, 6.07) is 12.8. The number of anilines is 1. The Labute approximate surface area is 197 Å². The summed E-state index contributed by atoms with van der Waals surface area (Å²) in [4.78, 5) is 15.5. The minimum absolute atomic E-state index is 0.306. The molecule has 33 heavy (non-hydrogen) atoms. The fourth-order valence-corrected chi connectivity index (χ4v) is 5.29. The fourth-order valence-electron chi connectivity index (χ4n) is 4.09. The Balaban J connectivity index is 1.71. The lowest BCUT2D eigenvalue weighted by molar-refractivity contribution is -0.122. The minimum atomic E-state index is -3.65. The number of hydrogen-bond donors (Lipinski definition) is 1. The second kappa shape index (κ2) is 11.1. The topological polar surface area (TPSA) is 79.0 Å². The maximum Gasteiger partial charge on any atom is 0.244 e. The fraction of sp³-hybridized carbons (Fsp3) is 0.480. The molecule has 7 nitrogen and oxygen atoms in total. The molecule has 1 atom stereocenters. The van der Waals surface area contributed by atoms with Crippen LogP contribution in [-0.4, -0.2) is 57.8 Å². The number of benzene rings is 2. The molecule has 180 valence electrons. The van der Waals surface area contributed by atoms with Gasteiger partial charge < -0.3 is 10.1 Å². The molecule has 1 saturated heterocycles. The molecule has 1 fully saturated rings. The molecule has 0 saturated carbocycles. The molecule has 0 bridgehead atoms. The number of ether oxygens (including phenoxy) is 1. The number of aryl methyl sites for hydroxylation is 2. The average molecular weight is 474 g/mol. The van der Waals surface area contributed by atoms with Crippen LogP contribution in [0.25, 0.3) is 0 Å². The summed E-state index contributed by atoms with van der Waals surface area (Å²) in [6.07, 6.45) is 1.51. The van der Waals surface area contributed by atoms with Gasteiger partial charge in [-0.05, 0) is 54.7 Å². The van der Waals surface area contributed by atoms with Gasteiger partial charge in [0.2, 0.25) is 15.9 Å². The summed E-state index contributed by atoms with van der Waals surface area (Å²) < 4.78 is 32.0. The van der Waals surface area contributed by atoms with Crippen molar-refractivity contribution in [3.63, 3.8) is 0 Å². The Bertz CT molecular complexity index is 1070. The van der Waals surface area contributed by atoms with Gasteiger partial charge in [-0.1, -0.05) is 37.3 Å². The molecule has 1 aliphatic heterocycles. The highest BCUT2D eigenvalue weighted by Gasteiger charge is 2.31. The summed E-state index contributed by atoms with van der Waals surface area (Å²) in [5.41, 5.74) is 4.73. The second-order valence-corrected chi connectivity index (χ2v) is 10.5. The van der Waals surface area contributed by atoms with Gasteiger partial charge in [-0.2, -0.15) is 0 Å². The van der Waals surface area contributed by atoms with Gasteiger partial charge in [-0.3, -0.25) is 14.0 Å². The summed E-state index contributed by atoms with van der Waals surface area (Å²) in [5, 5.41) is 2.95. The van der Waals surface area contributed by atoms with E-state index >= 15 is 0 Å². The molecule has 0 radical (unpaired) electrons. The Kier molecular flexibility index (Phi) is 8.51. The molecular weight excluding hydrogens is 438 g/mol. The van der Waals surface area contributed by atoms with Gasteiger partial charge in [0.25, 0.3) is 0 Å². The smallest absolute Gasteiger partial charge is 0.244 e. The zero-order valence-electron chi connectivity index (χ0n) is 20.0. The molecule has 2 aromatic rings. The van der Waals surface area contributed by atoms with E-state index in [2.05, 4.69) is 22.3 Å². The summed E-state index contributed by atoms with van der Waals surface area (Å²) >= 11 is 0. The average Bonchev–Trinajstić information content (AvgIpc) is 2.78. The largest absolute Gasteiger partial charge is 0.379 e. The van der Waals surface area contributed by atoms with Crippen molar-refractivity contribution < 1.29 is 17.9 Å². The summed E-state index contributed by atoms with van der Waals surface area (Å²) in [5.74, 6) is -0.306. The number of morpholine rings is 1. The number of amides is 1. The molecule has 8 heteroatoms. The zero-order valence-corrected chi connectivity index (χ0v) is 20.8. The van der Waals surface area contributed by atoms with E-state index in [1.165, 1.54) is 9.87 Å². The zero-order chi connectivity index (χ0) is 24.0. The van der Waals surface area contributed by atoms with Crippen molar-refractivity contribution >= 4 is 21.6 Å². The Morgan fingerprint density at radius 3 is 2.42 bits per heavy atom.